The molecule has 1 fully saturated rings. The number of rotatable bonds is 2. The third-order valence-electron chi connectivity index (χ3n) is 4.20. The van der Waals surface area contributed by atoms with Gasteiger partial charge in [0.1, 0.15) is 4.90 Å². The van der Waals surface area contributed by atoms with Crippen LogP contribution in [0.5, 0.6) is 0 Å². The SMILES string of the molecule is Cc1cnn(CC2CN(C3=NS(=O)(=O)c4ccccc43)CCO2)c1. The molecular weight excluding hydrogens is 328 g/mol. The number of hydrogen-bond donors (Lipinski definition) is 0. The zero-order chi connectivity index (χ0) is 16.7. The fraction of sp³-hybridized carbons (Fsp3) is 0.375. The molecule has 0 radical (unpaired) electrons. The first-order chi connectivity index (χ1) is 11.5. The summed E-state index contributed by atoms with van der Waals surface area (Å²) in [4.78, 5) is 2.28. The van der Waals surface area contributed by atoms with Gasteiger partial charge in [-0.1, -0.05) is 12.1 Å². The fourth-order valence-electron chi connectivity index (χ4n) is 3.11. The monoisotopic (exact) mass is 346 g/mol. The molecule has 0 saturated carbocycles. The second-order valence-corrected chi connectivity index (χ2v) is 7.64. The number of ether oxygens (including phenoxy) is 1. The topological polar surface area (TPSA) is 76.8 Å². The highest BCUT2D eigenvalue weighted by Gasteiger charge is 2.34. The van der Waals surface area contributed by atoms with E-state index in [1.54, 1.807) is 18.2 Å². The molecule has 126 valence electrons. The van der Waals surface area contributed by atoms with E-state index in [1.165, 1.54) is 0 Å². The van der Waals surface area contributed by atoms with Crippen molar-refractivity contribution >= 4 is 15.9 Å². The number of amidine groups is 1. The predicted octanol–water partition coefficient (Wildman–Crippen LogP) is 1.04. The third-order valence-corrected chi connectivity index (χ3v) is 5.53. The Labute approximate surface area is 140 Å². The van der Waals surface area contributed by atoms with E-state index in [0.717, 1.165) is 5.56 Å². The Bertz CT molecular complexity index is 904. The predicted molar refractivity (Wildman–Crippen MR) is 88.4 cm³/mol. The third kappa shape index (κ3) is 2.71. The van der Waals surface area contributed by atoms with Crippen LogP contribution in [0.15, 0.2) is 46.0 Å². The van der Waals surface area contributed by atoms with Crippen molar-refractivity contribution in [3.05, 3.63) is 47.8 Å². The van der Waals surface area contributed by atoms with Gasteiger partial charge in [-0.25, -0.2) is 0 Å². The first kappa shape index (κ1) is 15.3. The average Bonchev–Trinajstić information content (AvgIpc) is 3.09. The highest BCUT2D eigenvalue weighted by Crippen LogP contribution is 2.28. The van der Waals surface area contributed by atoms with Crippen LogP contribution in [-0.2, 0) is 21.3 Å². The maximum atomic E-state index is 12.2. The second-order valence-electron chi connectivity index (χ2n) is 6.06. The lowest BCUT2D eigenvalue weighted by Gasteiger charge is -2.34. The number of benzene rings is 1. The minimum absolute atomic E-state index is 0.0591. The molecule has 1 atom stereocenters. The number of morpholine rings is 1. The lowest BCUT2D eigenvalue weighted by molar-refractivity contribution is -0.0158. The number of sulfonamides is 1. The Morgan fingerprint density at radius 3 is 2.96 bits per heavy atom. The number of aromatic nitrogens is 2. The van der Waals surface area contributed by atoms with Gasteiger partial charge < -0.3 is 9.64 Å². The van der Waals surface area contributed by atoms with Gasteiger partial charge in [-0.05, 0) is 24.6 Å². The van der Waals surface area contributed by atoms with Gasteiger partial charge in [0.2, 0.25) is 0 Å². The summed E-state index contributed by atoms with van der Waals surface area (Å²) < 4.78 is 36.1. The molecule has 1 aromatic carbocycles. The van der Waals surface area contributed by atoms with E-state index >= 15 is 0 Å². The molecule has 1 aromatic heterocycles. The zero-order valence-electron chi connectivity index (χ0n) is 13.3. The van der Waals surface area contributed by atoms with Gasteiger partial charge >= 0.3 is 0 Å². The summed E-state index contributed by atoms with van der Waals surface area (Å²) in [5.74, 6) is 0.524. The summed E-state index contributed by atoms with van der Waals surface area (Å²) in [6, 6.07) is 6.96. The molecule has 4 rings (SSSR count). The van der Waals surface area contributed by atoms with Crippen molar-refractivity contribution in [1.82, 2.24) is 14.7 Å². The molecule has 1 saturated heterocycles. The molecule has 0 amide bonds. The van der Waals surface area contributed by atoms with E-state index in [0.29, 0.717) is 37.6 Å². The van der Waals surface area contributed by atoms with Crippen LogP contribution in [0.3, 0.4) is 0 Å². The van der Waals surface area contributed by atoms with Crippen molar-refractivity contribution in [2.75, 3.05) is 19.7 Å². The van der Waals surface area contributed by atoms with Crippen LogP contribution < -0.4 is 0 Å². The van der Waals surface area contributed by atoms with Crippen LogP contribution in [0.25, 0.3) is 0 Å². The van der Waals surface area contributed by atoms with E-state index in [1.807, 2.05) is 35.0 Å². The van der Waals surface area contributed by atoms with Gasteiger partial charge in [0.25, 0.3) is 10.0 Å². The molecular formula is C16H18N4O3S. The summed E-state index contributed by atoms with van der Waals surface area (Å²) in [5, 5.41) is 4.28. The van der Waals surface area contributed by atoms with Gasteiger partial charge in [-0.3, -0.25) is 4.68 Å². The van der Waals surface area contributed by atoms with Crippen molar-refractivity contribution in [2.24, 2.45) is 4.40 Å². The first-order valence-electron chi connectivity index (χ1n) is 7.83. The Kier molecular flexibility index (Phi) is 3.65. The highest BCUT2D eigenvalue weighted by atomic mass is 32.2. The molecule has 7 nitrogen and oxygen atoms in total. The Balaban J connectivity index is 1.57. The number of aryl methyl sites for hydroxylation is 1. The van der Waals surface area contributed by atoms with Gasteiger partial charge in [0.05, 0.1) is 25.5 Å². The molecule has 0 N–H and O–H groups in total. The molecule has 0 spiro atoms. The Morgan fingerprint density at radius 1 is 1.33 bits per heavy atom. The molecule has 8 heteroatoms. The number of hydrogen-bond acceptors (Lipinski definition) is 5. The number of fused-ring (bicyclic) bond motifs is 1. The summed E-state index contributed by atoms with van der Waals surface area (Å²) in [7, 11) is -3.59. The van der Waals surface area contributed by atoms with Crippen molar-refractivity contribution in [2.45, 2.75) is 24.5 Å². The molecule has 1 unspecified atom stereocenters. The fourth-order valence-corrected chi connectivity index (χ4v) is 4.34. The lowest BCUT2D eigenvalue weighted by Crippen LogP contribution is -2.47. The highest BCUT2D eigenvalue weighted by molar-refractivity contribution is 7.90. The quantitative estimate of drug-likeness (QED) is 0.812. The van der Waals surface area contributed by atoms with Crippen LogP contribution >= 0.6 is 0 Å². The van der Waals surface area contributed by atoms with Crippen LogP contribution in [0.1, 0.15) is 11.1 Å². The summed E-state index contributed by atoms with van der Waals surface area (Å²) in [6.07, 6.45) is 3.72. The van der Waals surface area contributed by atoms with Crippen molar-refractivity contribution in [3.63, 3.8) is 0 Å². The van der Waals surface area contributed by atoms with Crippen molar-refractivity contribution in [1.29, 1.82) is 0 Å². The molecule has 2 aromatic rings. The average molecular weight is 346 g/mol. The van der Waals surface area contributed by atoms with Gasteiger partial charge in [-0.15, -0.1) is 4.40 Å². The summed E-state index contributed by atoms with van der Waals surface area (Å²) in [6.45, 7) is 4.36. The van der Waals surface area contributed by atoms with Crippen LogP contribution in [0.2, 0.25) is 0 Å². The van der Waals surface area contributed by atoms with Crippen LogP contribution in [0.4, 0.5) is 0 Å². The first-order valence-corrected chi connectivity index (χ1v) is 9.27. The number of nitrogens with zero attached hydrogens (tertiary/aromatic N) is 4. The van der Waals surface area contributed by atoms with Gasteiger partial charge in [-0.2, -0.15) is 13.5 Å². The molecule has 3 heterocycles. The molecule has 2 aliphatic rings. The lowest BCUT2D eigenvalue weighted by atomic mass is 10.1. The zero-order valence-corrected chi connectivity index (χ0v) is 14.1. The summed E-state index contributed by atoms with van der Waals surface area (Å²) in [5.41, 5.74) is 1.77. The maximum absolute atomic E-state index is 12.2. The van der Waals surface area contributed by atoms with Crippen LogP contribution in [-0.4, -0.2) is 54.7 Å². The molecule has 0 aliphatic carbocycles. The second kappa shape index (κ2) is 5.71. The van der Waals surface area contributed by atoms with Crippen molar-refractivity contribution in [3.8, 4) is 0 Å². The standard InChI is InChI=1S/C16H18N4O3S/c1-12-8-17-20(9-12)11-13-10-19(6-7-23-13)16-14-4-2-3-5-15(14)24(21,22)18-16/h2-5,8-9,13H,6-7,10-11H2,1H3. The van der Waals surface area contributed by atoms with Gasteiger partial charge in [0.15, 0.2) is 5.84 Å². The van der Waals surface area contributed by atoms with E-state index < -0.39 is 10.0 Å². The molecule has 24 heavy (non-hydrogen) atoms. The summed E-state index contributed by atoms with van der Waals surface area (Å²) >= 11 is 0. The smallest absolute Gasteiger partial charge is 0.285 e. The van der Waals surface area contributed by atoms with E-state index in [2.05, 4.69) is 9.50 Å². The van der Waals surface area contributed by atoms with E-state index in [-0.39, 0.29) is 11.0 Å². The Hall–Kier alpha value is -2.19. The minimum atomic E-state index is -3.59. The van der Waals surface area contributed by atoms with Gasteiger partial charge in [0, 0.05) is 24.8 Å². The maximum Gasteiger partial charge on any atom is 0.285 e. The van der Waals surface area contributed by atoms with E-state index in [4.69, 9.17) is 4.74 Å². The normalized spacial score (nSPS) is 22.3. The van der Waals surface area contributed by atoms with Crippen LogP contribution in [0, 0.1) is 6.92 Å². The Morgan fingerprint density at radius 2 is 2.17 bits per heavy atom. The minimum Gasteiger partial charge on any atom is -0.373 e. The molecule has 0 bridgehead atoms. The molecule has 2 aliphatic heterocycles. The van der Waals surface area contributed by atoms with Crippen molar-refractivity contribution < 1.29 is 13.2 Å². The van der Waals surface area contributed by atoms with E-state index in [9.17, 15) is 8.42 Å². The largest absolute Gasteiger partial charge is 0.373 e.